The van der Waals surface area contributed by atoms with Gasteiger partial charge in [0.15, 0.2) is 0 Å². The molecule has 0 spiro atoms. The zero-order chi connectivity index (χ0) is 24.2. The van der Waals surface area contributed by atoms with Crippen LogP contribution in [0.5, 0.6) is 0 Å². The molecule has 1 saturated heterocycles. The molecule has 0 saturated carbocycles. The van der Waals surface area contributed by atoms with Crippen LogP contribution in [-0.2, 0) is 15.9 Å². The van der Waals surface area contributed by atoms with Crippen molar-refractivity contribution in [1.29, 1.82) is 0 Å². The van der Waals surface area contributed by atoms with E-state index in [4.69, 9.17) is 9.31 Å². The van der Waals surface area contributed by atoms with Gasteiger partial charge in [-0.1, -0.05) is 95.0 Å². The molecule has 3 aromatic rings. The minimum atomic E-state index is -0.323. The van der Waals surface area contributed by atoms with Gasteiger partial charge in [-0.05, 0) is 51.7 Å². The van der Waals surface area contributed by atoms with Crippen molar-refractivity contribution in [3.05, 3.63) is 42.5 Å². The molecule has 34 heavy (non-hydrogen) atoms. The van der Waals surface area contributed by atoms with Gasteiger partial charge in [0.2, 0.25) is 0 Å². The molecular formula is C30H44BNO2. The van der Waals surface area contributed by atoms with Crippen LogP contribution in [0.25, 0.3) is 21.8 Å². The highest BCUT2D eigenvalue weighted by molar-refractivity contribution is 6.62. The fourth-order valence-electron chi connectivity index (χ4n) is 5.20. The molecule has 0 bridgehead atoms. The molecular weight excluding hydrogens is 417 g/mol. The first-order valence-electron chi connectivity index (χ1n) is 13.7. The van der Waals surface area contributed by atoms with Crippen LogP contribution in [0.15, 0.2) is 42.5 Å². The summed E-state index contributed by atoms with van der Waals surface area (Å²) < 4.78 is 15.2. The molecule has 0 aliphatic carbocycles. The molecule has 3 nitrogen and oxygen atoms in total. The minimum Gasteiger partial charge on any atom is -0.399 e. The number of nitrogens with zero attached hydrogens (tertiary/aromatic N) is 1. The lowest BCUT2D eigenvalue weighted by molar-refractivity contribution is 0.00578. The van der Waals surface area contributed by atoms with E-state index >= 15 is 0 Å². The van der Waals surface area contributed by atoms with Crippen LogP contribution in [0.1, 0.15) is 98.8 Å². The van der Waals surface area contributed by atoms with Crippen LogP contribution in [0.3, 0.4) is 0 Å². The average Bonchev–Trinajstić information content (AvgIpc) is 3.24. The van der Waals surface area contributed by atoms with Gasteiger partial charge in [0.05, 0.1) is 11.2 Å². The fourth-order valence-corrected chi connectivity index (χ4v) is 5.20. The number of aromatic nitrogens is 1. The summed E-state index contributed by atoms with van der Waals surface area (Å²) in [5, 5.41) is 2.62. The molecule has 1 aliphatic heterocycles. The molecule has 184 valence electrons. The van der Waals surface area contributed by atoms with Gasteiger partial charge in [0, 0.05) is 28.4 Å². The number of rotatable bonds is 12. The topological polar surface area (TPSA) is 23.4 Å². The monoisotopic (exact) mass is 461 g/mol. The van der Waals surface area contributed by atoms with Gasteiger partial charge < -0.3 is 13.9 Å². The summed E-state index contributed by atoms with van der Waals surface area (Å²) in [4.78, 5) is 0. The summed E-state index contributed by atoms with van der Waals surface area (Å²) in [5.41, 5.74) is 3.11. The summed E-state index contributed by atoms with van der Waals surface area (Å²) in [6.45, 7) is 11.8. The van der Waals surface area contributed by atoms with Crippen LogP contribution in [0.2, 0.25) is 0 Å². The molecule has 1 aliphatic rings. The fraction of sp³-hybridized carbons (Fsp3) is 0.600. The predicted octanol–water partition coefficient (Wildman–Crippen LogP) is 8.01. The van der Waals surface area contributed by atoms with Crippen LogP contribution in [0, 0.1) is 0 Å². The van der Waals surface area contributed by atoms with Crippen molar-refractivity contribution in [1.82, 2.24) is 4.57 Å². The number of benzene rings is 2. The zero-order valence-electron chi connectivity index (χ0n) is 22.2. The third-order valence-corrected chi connectivity index (χ3v) is 8.06. The first kappa shape index (κ1) is 25.3. The van der Waals surface area contributed by atoms with Crippen molar-refractivity contribution < 1.29 is 9.31 Å². The zero-order valence-corrected chi connectivity index (χ0v) is 22.2. The second kappa shape index (κ2) is 10.9. The molecule has 2 aromatic carbocycles. The standard InChI is InChI=1S/C30H44BNO2/c1-6-7-8-9-10-11-12-13-14-17-22-32-27-19-16-15-18-25(27)26-23-24(20-21-28(26)32)31-33-29(2,3)30(4,5)34-31/h15-16,18-21,23H,6-14,17,22H2,1-5H3. The highest BCUT2D eigenvalue weighted by atomic mass is 16.7. The Bertz CT molecular complexity index is 1070. The average molecular weight is 461 g/mol. The maximum atomic E-state index is 6.33. The van der Waals surface area contributed by atoms with Gasteiger partial charge in [-0.2, -0.15) is 0 Å². The highest BCUT2D eigenvalue weighted by Crippen LogP contribution is 2.37. The van der Waals surface area contributed by atoms with E-state index in [2.05, 4.69) is 81.7 Å². The molecule has 2 heterocycles. The van der Waals surface area contributed by atoms with Gasteiger partial charge >= 0.3 is 7.12 Å². The van der Waals surface area contributed by atoms with E-state index in [0.29, 0.717) is 0 Å². The van der Waals surface area contributed by atoms with Gasteiger partial charge in [0.1, 0.15) is 0 Å². The summed E-state index contributed by atoms with van der Waals surface area (Å²) >= 11 is 0. The minimum absolute atomic E-state index is 0.321. The van der Waals surface area contributed by atoms with E-state index in [1.54, 1.807) is 0 Å². The Kier molecular flexibility index (Phi) is 8.10. The number of para-hydroxylation sites is 1. The van der Waals surface area contributed by atoms with Gasteiger partial charge in [0.25, 0.3) is 0 Å². The normalized spacial score (nSPS) is 17.3. The van der Waals surface area contributed by atoms with E-state index in [1.165, 1.54) is 86.0 Å². The Labute approximate surface area is 207 Å². The number of fused-ring (bicyclic) bond motifs is 3. The van der Waals surface area contributed by atoms with Crippen LogP contribution in [0.4, 0.5) is 0 Å². The molecule has 1 fully saturated rings. The lowest BCUT2D eigenvalue weighted by atomic mass is 9.78. The number of hydrogen-bond donors (Lipinski definition) is 0. The van der Waals surface area contributed by atoms with E-state index in [9.17, 15) is 0 Å². The van der Waals surface area contributed by atoms with Gasteiger partial charge in [-0.3, -0.25) is 0 Å². The van der Waals surface area contributed by atoms with Crippen LogP contribution < -0.4 is 5.46 Å². The molecule has 0 radical (unpaired) electrons. The first-order valence-corrected chi connectivity index (χ1v) is 13.7. The van der Waals surface area contributed by atoms with Gasteiger partial charge in [-0.15, -0.1) is 0 Å². The molecule has 4 heteroatoms. The van der Waals surface area contributed by atoms with Crippen molar-refractivity contribution in [2.24, 2.45) is 0 Å². The second-order valence-corrected chi connectivity index (χ2v) is 11.2. The smallest absolute Gasteiger partial charge is 0.399 e. The molecule has 0 atom stereocenters. The Morgan fingerprint density at radius 3 is 1.88 bits per heavy atom. The summed E-state index contributed by atoms with van der Waals surface area (Å²) in [5.74, 6) is 0. The Hall–Kier alpha value is -1.78. The van der Waals surface area contributed by atoms with E-state index in [-0.39, 0.29) is 18.3 Å². The maximum Gasteiger partial charge on any atom is 0.494 e. The Morgan fingerprint density at radius 1 is 0.676 bits per heavy atom. The van der Waals surface area contributed by atoms with Crippen molar-refractivity contribution in [2.45, 2.75) is 117 Å². The van der Waals surface area contributed by atoms with E-state index in [1.807, 2.05) is 0 Å². The van der Waals surface area contributed by atoms with E-state index < -0.39 is 0 Å². The maximum absolute atomic E-state index is 6.33. The van der Waals surface area contributed by atoms with Crippen LogP contribution >= 0.6 is 0 Å². The molecule has 4 rings (SSSR count). The van der Waals surface area contributed by atoms with Crippen molar-refractivity contribution >= 4 is 34.4 Å². The number of unbranched alkanes of at least 4 members (excludes halogenated alkanes) is 9. The third-order valence-electron chi connectivity index (χ3n) is 8.06. The SMILES string of the molecule is CCCCCCCCCCCCn1c2ccccc2c2cc(B3OC(C)(C)C(C)(C)O3)ccc21. The quantitative estimate of drug-likeness (QED) is 0.201. The Balaban J connectivity index is 1.42. The number of aryl methyl sites for hydroxylation is 1. The second-order valence-electron chi connectivity index (χ2n) is 11.2. The lowest BCUT2D eigenvalue weighted by Crippen LogP contribution is -2.41. The Morgan fingerprint density at radius 2 is 1.24 bits per heavy atom. The number of hydrogen-bond acceptors (Lipinski definition) is 2. The van der Waals surface area contributed by atoms with Crippen molar-refractivity contribution in [2.75, 3.05) is 0 Å². The van der Waals surface area contributed by atoms with Crippen LogP contribution in [-0.4, -0.2) is 22.9 Å². The first-order chi connectivity index (χ1) is 16.3. The van der Waals surface area contributed by atoms with E-state index in [0.717, 1.165) is 12.0 Å². The highest BCUT2D eigenvalue weighted by Gasteiger charge is 2.51. The third kappa shape index (κ3) is 5.39. The molecule has 1 aromatic heterocycles. The summed E-state index contributed by atoms with van der Waals surface area (Å²) in [6.07, 6.45) is 13.7. The molecule has 0 amide bonds. The lowest BCUT2D eigenvalue weighted by Gasteiger charge is -2.32. The predicted molar refractivity (Wildman–Crippen MR) is 147 cm³/mol. The van der Waals surface area contributed by atoms with Gasteiger partial charge in [-0.25, -0.2) is 0 Å². The molecule has 0 N–H and O–H groups in total. The largest absolute Gasteiger partial charge is 0.494 e. The summed E-state index contributed by atoms with van der Waals surface area (Å²) in [6, 6.07) is 15.6. The van der Waals surface area contributed by atoms with Crippen molar-refractivity contribution in [3.63, 3.8) is 0 Å². The molecule has 0 unspecified atom stereocenters. The summed E-state index contributed by atoms with van der Waals surface area (Å²) in [7, 11) is -0.321. The van der Waals surface area contributed by atoms with Crippen molar-refractivity contribution in [3.8, 4) is 0 Å².